The lowest BCUT2D eigenvalue weighted by atomic mass is 10.1. The van der Waals surface area contributed by atoms with Gasteiger partial charge in [0.05, 0.1) is 0 Å². The molecule has 174 valence electrons. The van der Waals surface area contributed by atoms with Gasteiger partial charge in [-0.15, -0.1) is 0 Å². The molecule has 2 aliphatic heterocycles. The number of carbonyl (C=O) groups excluding carboxylic acids is 2. The summed E-state index contributed by atoms with van der Waals surface area (Å²) in [7, 11) is 0. The van der Waals surface area contributed by atoms with E-state index in [1.54, 1.807) is 40.1 Å². The van der Waals surface area contributed by atoms with Gasteiger partial charge < -0.3 is 19.7 Å². The van der Waals surface area contributed by atoms with Crippen LogP contribution in [0.25, 0.3) is 0 Å². The van der Waals surface area contributed by atoms with Gasteiger partial charge in [0.1, 0.15) is 5.82 Å². The topological polar surface area (TPSA) is 71.1 Å². The number of benzene rings is 3. The summed E-state index contributed by atoms with van der Waals surface area (Å²) in [6.45, 7) is 2.03. The van der Waals surface area contributed by atoms with Gasteiger partial charge in [0.25, 0.3) is 5.91 Å². The molecule has 3 aromatic rings. The van der Waals surface area contributed by atoms with Crippen LogP contribution in [0.4, 0.5) is 14.9 Å². The van der Waals surface area contributed by atoms with E-state index in [2.05, 4.69) is 5.32 Å². The van der Waals surface area contributed by atoms with Crippen molar-refractivity contribution >= 4 is 17.6 Å². The molecule has 0 atom stereocenters. The average Bonchev–Trinajstić information content (AvgIpc) is 3.32. The maximum atomic E-state index is 13.5. The maximum absolute atomic E-state index is 13.5. The highest BCUT2D eigenvalue weighted by atomic mass is 19.1. The molecule has 0 unspecified atom stereocenters. The van der Waals surface area contributed by atoms with Crippen molar-refractivity contribution in [2.75, 3.05) is 24.8 Å². The number of rotatable bonds is 6. The van der Waals surface area contributed by atoms with Crippen LogP contribution in [0.1, 0.15) is 27.9 Å². The van der Waals surface area contributed by atoms with E-state index in [4.69, 9.17) is 9.47 Å². The zero-order valence-electron chi connectivity index (χ0n) is 18.5. The number of amides is 3. The first-order valence-corrected chi connectivity index (χ1v) is 11.1. The highest BCUT2D eigenvalue weighted by molar-refractivity contribution is 5.98. The second-order valence-electron chi connectivity index (χ2n) is 8.26. The molecule has 34 heavy (non-hydrogen) atoms. The van der Waals surface area contributed by atoms with Gasteiger partial charge in [-0.25, -0.2) is 9.18 Å². The van der Waals surface area contributed by atoms with Crippen LogP contribution in [-0.2, 0) is 13.1 Å². The van der Waals surface area contributed by atoms with Crippen molar-refractivity contribution in [1.29, 1.82) is 0 Å². The second kappa shape index (κ2) is 9.43. The lowest BCUT2D eigenvalue weighted by molar-refractivity contribution is 0.0950. The minimum Gasteiger partial charge on any atom is -0.454 e. The Morgan fingerprint density at radius 3 is 2.68 bits per heavy atom. The van der Waals surface area contributed by atoms with Gasteiger partial charge >= 0.3 is 6.03 Å². The number of hydrogen-bond acceptors (Lipinski definition) is 4. The van der Waals surface area contributed by atoms with Gasteiger partial charge in [0.2, 0.25) is 6.79 Å². The first-order valence-electron chi connectivity index (χ1n) is 11.1. The van der Waals surface area contributed by atoms with Crippen molar-refractivity contribution in [3.63, 3.8) is 0 Å². The number of fused-ring (bicyclic) bond motifs is 1. The third-order valence-corrected chi connectivity index (χ3v) is 5.88. The molecular formula is C26H24FN3O4. The van der Waals surface area contributed by atoms with Crippen molar-refractivity contribution in [2.45, 2.75) is 19.5 Å². The summed E-state index contributed by atoms with van der Waals surface area (Å²) in [4.78, 5) is 29.3. The summed E-state index contributed by atoms with van der Waals surface area (Å²) in [6.07, 6.45) is 0.779. The van der Waals surface area contributed by atoms with Crippen LogP contribution in [0.15, 0.2) is 66.7 Å². The molecular weight excluding hydrogens is 437 g/mol. The predicted molar refractivity (Wildman–Crippen MR) is 124 cm³/mol. The van der Waals surface area contributed by atoms with Crippen molar-refractivity contribution < 1.29 is 23.5 Å². The Morgan fingerprint density at radius 2 is 1.79 bits per heavy atom. The van der Waals surface area contributed by atoms with E-state index < -0.39 is 0 Å². The summed E-state index contributed by atoms with van der Waals surface area (Å²) < 4.78 is 24.2. The summed E-state index contributed by atoms with van der Waals surface area (Å²) in [5, 5.41) is 2.91. The molecule has 2 aliphatic rings. The first kappa shape index (κ1) is 21.8. The van der Waals surface area contributed by atoms with Crippen LogP contribution in [0, 0.1) is 5.82 Å². The Morgan fingerprint density at radius 1 is 0.941 bits per heavy atom. The van der Waals surface area contributed by atoms with Crippen LogP contribution < -0.4 is 19.7 Å². The highest BCUT2D eigenvalue weighted by Crippen LogP contribution is 2.32. The normalized spacial score (nSPS) is 14.9. The molecule has 0 aromatic heterocycles. The molecule has 1 N–H and O–H groups in total. The van der Waals surface area contributed by atoms with E-state index in [0.29, 0.717) is 48.9 Å². The van der Waals surface area contributed by atoms with Crippen LogP contribution in [0.5, 0.6) is 11.5 Å². The van der Waals surface area contributed by atoms with E-state index in [1.807, 2.05) is 24.3 Å². The fourth-order valence-electron chi connectivity index (χ4n) is 4.17. The Balaban J connectivity index is 1.25. The predicted octanol–water partition coefficient (Wildman–Crippen LogP) is 4.32. The van der Waals surface area contributed by atoms with Gasteiger partial charge in [-0.1, -0.05) is 24.3 Å². The standard InChI is InChI=1S/C26H24FN3O4/c27-21-6-1-4-19(12-21)16-29-10-3-11-30(26(29)32)22-7-2-5-20(14-22)25(31)28-15-18-8-9-23-24(13-18)34-17-33-23/h1-2,4-9,12-14H,3,10-11,15-17H2,(H,28,31). The smallest absolute Gasteiger partial charge is 0.324 e. The number of urea groups is 1. The van der Waals surface area contributed by atoms with Gasteiger partial charge in [-0.2, -0.15) is 0 Å². The molecule has 8 heteroatoms. The number of carbonyl (C=O) groups is 2. The van der Waals surface area contributed by atoms with Crippen molar-refractivity contribution in [3.8, 4) is 11.5 Å². The van der Waals surface area contributed by atoms with E-state index >= 15 is 0 Å². The molecule has 2 heterocycles. The number of ether oxygens (including phenoxy) is 2. The zero-order chi connectivity index (χ0) is 23.5. The summed E-state index contributed by atoms with van der Waals surface area (Å²) in [5.74, 6) is 0.805. The summed E-state index contributed by atoms with van der Waals surface area (Å²) in [5.41, 5.74) is 2.76. The molecule has 0 bridgehead atoms. The number of nitrogens with zero attached hydrogens (tertiary/aromatic N) is 2. The zero-order valence-corrected chi connectivity index (χ0v) is 18.5. The molecule has 0 spiro atoms. The van der Waals surface area contributed by atoms with Gasteiger partial charge in [0.15, 0.2) is 11.5 Å². The maximum Gasteiger partial charge on any atom is 0.324 e. The van der Waals surface area contributed by atoms with Gasteiger partial charge in [-0.3, -0.25) is 9.69 Å². The Labute approximate surface area is 196 Å². The van der Waals surface area contributed by atoms with Gasteiger partial charge in [-0.05, 0) is 60.0 Å². The number of hydrogen-bond donors (Lipinski definition) is 1. The van der Waals surface area contributed by atoms with Crippen LogP contribution in [0.3, 0.4) is 0 Å². The fourth-order valence-corrected chi connectivity index (χ4v) is 4.17. The summed E-state index contributed by atoms with van der Waals surface area (Å²) in [6, 6.07) is 18.7. The Bertz CT molecular complexity index is 1230. The average molecular weight is 461 g/mol. The highest BCUT2D eigenvalue weighted by Gasteiger charge is 2.27. The first-order chi connectivity index (χ1) is 16.6. The number of nitrogens with one attached hydrogen (secondary N) is 1. The second-order valence-corrected chi connectivity index (χ2v) is 8.26. The molecule has 3 amide bonds. The van der Waals surface area contributed by atoms with E-state index in [-0.39, 0.29) is 24.5 Å². The molecule has 1 saturated heterocycles. The number of halogens is 1. The van der Waals surface area contributed by atoms with E-state index in [1.165, 1.54) is 12.1 Å². The van der Waals surface area contributed by atoms with Gasteiger partial charge in [0, 0.05) is 37.4 Å². The largest absolute Gasteiger partial charge is 0.454 e. The van der Waals surface area contributed by atoms with Crippen molar-refractivity contribution in [1.82, 2.24) is 10.2 Å². The van der Waals surface area contributed by atoms with E-state index in [0.717, 1.165) is 17.5 Å². The minimum absolute atomic E-state index is 0.159. The SMILES string of the molecule is O=C(NCc1ccc2c(c1)OCO2)c1cccc(N2CCCN(Cc3cccc(F)c3)C2=O)c1. The van der Waals surface area contributed by atoms with E-state index in [9.17, 15) is 14.0 Å². The fraction of sp³-hybridized carbons (Fsp3) is 0.231. The lowest BCUT2D eigenvalue weighted by Gasteiger charge is -2.35. The van der Waals surface area contributed by atoms with Crippen molar-refractivity contribution in [2.24, 2.45) is 0 Å². The monoisotopic (exact) mass is 461 g/mol. The molecule has 0 radical (unpaired) electrons. The molecule has 0 saturated carbocycles. The van der Waals surface area contributed by atoms with Crippen LogP contribution in [-0.4, -0.2) is 36.7 Å². The van der Waals surface area contributed by atoms with Crippen LogP contribution in [0.2, 0.25) is 0 Å². The molecule has 3 aromatic carbocycles. The van der Waals surface area contributed by atoms with Crippen LogP contribution >= 0.6 is 0 Å². The summed E-state index contributed by atoms with van der Waals surface area (Å²) >= 11 is 0. The lowest BCUT2D eigenvalue weighted by Crippen LogP contribution is -2.49. The molecule has 0 aliphatic carbocycles. The molecule has 1 fully saturated rings. The molecule has 7 nitrogen and oxygen atoms in total. The third-order valence-electron chi connectivity index (χ3n) is 5.88. The quantitative estimate of drug-likeness (QED) is 0.594. The third kappa shape index (κ3) is 4.66. The Kier molecular flexibility index (Phi) is 6.03. The number of anilines is 1. The molecule has 5 rings (SSSR count). The Hall–Kier alpha value is -4.07. The van der Waals surface area contributed by atoms with Crippen molar-refractivity contribution in [3.05, 3.63) is 89.2 Å². The minimum atomic E-state index is -0.321.